The molecule has 168 valence electrons. The van der Waals surface area contributed by atoms with Crippen molar-refractivity contribution in [3.63, 3.8) is 0 Å². The van der Waals surface area contributed by atoms with Crippen LogP contribution in [0.1, 0.15) is 76.2 Å². The van der Waals surface area contributed by atoms with Crippen LogP contribution >= 0.6 is 0 Å². The molecule has 2 aliphatic carbocycles. The average Bonchev–Trinajstić information content (AvgIpc) is 2.77. The molecule has 2 aromatic rings. The highest BCUT2D eigenvalue weighted by atomic mass is 19.1. The van der Waals surface area contributed by atoms with Crippen LogP contribution in [0.3, 0.4) is 0 Å². The van der Waals surface area contributed by atoms with Gasteiger partial charge in [-0.3, -0.25) is 0 Å². The fraction of sp³-hybridized carbons (Fsp3) is 0.556. The van der Waals surface area contributed by atoms with E-state index in [1.807, 2.05) is 0 Å². The van der Waals surface area contributed by atoms with Crippen molar-refractivity contribution in [2.45, 2.75) is 70.6 Å². The molecule has 0 aromatic heterocycles. The summed E-state index contributed by atoms with van der Waals surface area (Å²) in [6.07, 6.45) is 11.0. The molecule has 2 aliphatic rings. The summed E-state index contributed by atoms with van der Waals surface area (Å²) in [7, 11) is 1.36. The molecule has 0 amide bonds. The second-order valence-electron chi connectivity index (χ2n) is 9.56. The Balaban J connectivity index is 1.49. The molecule has 0 saturated heterocycles. The summed E-state index contributed by atoms with van der Waals surface area (Å²) in [5.41, 5.74) is 0.767. The standard InChI is InChI=1S/C27H33F3O/c1-3-4-5-17-6-7-19-13-20(9-8-18(19)12-17)22-15-24(29)27(25(30)16-22)21-10-11-26(31-2)23(28)14-21/h10-11,14-20H,3-9,12-13H2,1-2H3/t17?,18-,19-,20-/m1/s1. The van der Waals surface area contributed by atoms with E-state index in [9.17, 15) is 13.2 Å². The van der Waals surface area contributed by atoms with Gasteiger partial charge in [-0.05, 0) is 91.2 Å². The Morgan fingerprint density at radius 1 is 0.871 bits per heavy atom. The topological polar surface area (TPSA) is 9.23 Å². The number of hydrogen-bond donors (Lipinski definition) is 0. The molecule has 2 saturated carbocycles. The van der Waals surface area contributed by atoms with Gasteiger partial charge in [0.05, 0.1) is 12.7 Å². The first-order valence-electron chi connectivity index (χ1n) is 11.8. The Morgan fingerprint density at radius 3 is 2.26 bits per heavy atom. The molecule has 31 heavy (non-hydrogen) atoms. The van der Waals surface area contributed by atoms with Gasteiger partial charge < -0.3 is 4.74 Å². The Morgan fingerprint density at radius 2 is 1.58 bits per heavy atom. The Kier molecular flexibility index (Phi) is 6.93. The first-order chi connectivity index (χ1) is 15.0. The molecule has 4 heteroatoms. The van der Waals surface area contributed by atoms with Crippen LogP contribution in [0, 0.1) is 35.2 Å². The summed E-state index contributed by atoms with van der Waals surface area (Å²) < 4.78 is 48.9. The molecular weight excluding hydrogens is 397 g/mol. The molecular formula is C27H33F3O. The molecule has 4 rings (SSSR count). The molecule has 0 bridgehead atoms. The largest absolute Gasteiger partial charge is 0.494 e. The maximum atomic E-state index is 15.0. The highest BCUT2D eigenvalue weighted by Crippen LogP contribution is 2.49. The lowest BCUT2D eigenvalue weighted by Gasteiger charge is -2.42. The van der Waals surface area contributed by atoms with E-state index in [1.54, 1.807) is 0 Å². The molecule has 2 aromatic carbocycles. The smallest absolute Gasteiger partial charge is 0.165 e. The van der Waals surface area contributed by atoms with Crippen molar-refractivity contribution in [1.82, 2.24) is 0 Å². The maximum absolute atomic E-state index is 15.0. The fourth-order valence-electron chi connectivity index (χ4n) is 5.97. The third kappa shape index (κ3) is 4.78. The summed E-state index contributed by atoms with van der Waals surface area (Å²) in [6, 6.07) is 6.96. The number of ether oxygens (including phenoxy) is 1. The summed E-state index contributed by atoms with van der Waals surface area (Å²) >= 11 is 0. The highest BCUT2D eigenvalue weighted by molar-refractivity contribution is 5.66. The molecule has 0 spiro atoms. The van der Waals surface area contributed by atoms with Crippen LogP contribution in [0.4, 0.5) is 13.2 Å². The SMILES string of the molecule is CCCCC1CC[C@@H]2C[C@H](c3cc(F)c(-c4ccc(OC)c(F)c4)c(F)c3)CC[C@@H]2C1. The predicted octanol–water partition coefficient (Wildman–Crippen LogP) is 8.27. The van der Waals surface area contributed by atoms with Crippen LogP contribution < -0.4 is 4.74 Å². The Labute approximate surface area is 184 Å². The summed E-state index contributed by atoms with van der Waals surface area (Å²) in [4.78, 5) is 0. The van der Waals surface area contributed by atoms with Gasteiger partial charge in [0.25, 0.3) is 0 Å². The number of halogens is 3. The van der Waals surface area contributed by atoms with Crippen molar-refractivity contribution < 1.29 is 17.9 Å². The van der Waals surface area contributed by atoms with Crippen molar-refractivity contribution in [2.24, 2.45) is 17.8 Å². The van der Waals surface area contributed by atoms with Gasteiger partial charge >= 0.3 is 0 Å². The number of unbranched alkanes of at least 4 members (excludes halogenated alkanes) is 1. The van der Waals surface area contributed by atoms with E-state index in [0.717, 1.165) is 42.7 Å². The molecule has 0 radical (unpaired) electrons. The minimum atomic E-state index is -0.629. The number of hydrogen-bond acceptors (Lipinski definition) is 1. The van der Waals surface area contributed by atoms with Gasteiger partial charge in [0.2, 0.25) is 0 Å². The van der Waals surface area contributed by atoms with Crippen molar-refractivity contribution in [3.05, 3.63) is 53.3 Å². The summed E-state index contributed by atoms with van der Waals surface area (Å²) in [5.74, 6) is 0.727. The third-order valence-corrected chi connectivity index (χ3v) is 7.66. The first kappa shape index (κ1) is 22.2. The zero-order valence-electron chi connectivity index (χ0n) is 18.6. The van der Waals surface area contributed by atoms with Crippen LogP contribution in [-0.2, 0) is 0 Å². The number of fused-ring (bicyclic) bond motifs is 1. The van der Waals surface area contributed by atoms with E-state index < -0.39 is 17.5 Å². The second-order valence-corrected chi connectivity index (χ2v) is 9.56. The second kappa shape index (κ2) is 9.67. The maximum Gasteiger partial charge on any atom is 0.165 e. The van der Waals surface area contributed by atoms with Crippen LogP contribution in [0.5, 0.6) is 5.75 Å². The lowest BCUT2D eigenvalue weighted by Crippen LogP contribution is -2.30. The van der Waals surface area contributed by atoms with Crippen LogP contribution in [0.2, 0.25) is 0 Å². The quantitative estimate of drug-likeness (QED) is 0.448. The molecule has 0 N–H and O–H groups in total. The average molecular weight is 431 g/mol. The number of benzene rings is 2. The Bertz CT molecular complexity index is 886. The lowest BCUT2D eigenvalue weighted by atomic mass is 9.63. The molecule has 1 unspecified atom stereocenters. The summed E-state index contributed by atoms with van der Waals surface area (Å²) in [5, 5.41) is 0. The van der Waals surface area contributed by atoms with Crippen LogP contribution in [-0.4, -0.2) is 7.11 Å². The van der Waals surface area contributed by atoms with Gasteiger partial charge in [0.15, 0.2) is 11.6 Å². The van der Waals surface area contributed by atoms with Crippen molar-refractivity contribution in [3.8, 4) is 16.9 Å². The summed E-state index contributed by atoms with van der Waals surface area (Å²) in [6.45, 7) is 2.26. The van der Waals surface area contributed by atoms with Crippen molar-refractivity contribution in [1.29, 1.82) is 0 Å². The predicted molar refractivity (Wildman–Crippen MR) is 119 cm³/mol. The third-order valence-electron chi connectivity index (χ3n) is 7.66. The number of rotatable bonds is 6. The fourth-order valence-corrected chi connectivity index (χ4v) is 5.97. The van der Waals surface area contributed by atoms with Gasteiger partial charge in [-0.2, -0.15) is 0 Å². The zero-order valence-corrected chi connectivity index (χ0v) is 18.6. The van der Waals surface area contributed by atoms with Crippen molar-refractivity contribution in [2.75, 3.05) is 7.11 Å². The van der Waals surface area contributed by atoms with Gasteiger partial charge in [0.1, 0.15) is 11.6 Å². The van der Waals surface area contributed by atoms with Gasteiger partial charge in [-0.25, -0.2) is 13.2 Å². The van der Waals surface area contributed by atoms with E-state index in [2.05, 4.69) is 6.92 Å². The minimum absolute atomic E-state index is 0.0577. The zero-order chi connectivity index (χ0) is 22.0. The van der Waals surface area contributed by atoms with E-state index in [0.29, 0.717) is 5.92 Å². The van der Waals surface area contributed by atoms with E-state index in [1.165, 1.54) is 69.9 Å². The molecule has 4 atom stereocenters. The van der Waals surface area contributed by atoms with E-state index in [-0.39, 0.29) is 22.8 Å². The molecule has 2 fully saturated rings. The van der Waals surface area contributed by atoms with Crippen molar-refractivity contribution >= 4 is 0 Å². The normalized spacial score (nSPS) is 25.8. The monoisotopic (exact) mass is 430 g/mol. The lowest BCUT2D eigenvalue weighted by molar-refractivity contribution is 0.113. The van der Waals surface area contributed by atoms with E-state index >= 15 is 0 Å². The van der Waals surface area contributed by atoms with Crippen LogP contribution in [0.25, 0.3) is 11.1 Å². The molecule has 0 heterocycles. The van der Waals surface area contributed by atoms with Crippen LogP contribution in [0.15, 0.2) is 30.3 Å². The number of methoxy groups -OCH3 is 1. The Hall–Kier alpha value is -1.97. The molecule has 1 nitrogen and oxygen atoms in total. The molecule has 0 aliphatic heterocycles. The van der Waals surface area contributed by atoms with Gasteiger partial charge in [0, 0.05) is 0 Å². The first-order valence-corrected chi connectivity index (χ1v) is 11.8. The highest BCUT2D eigenvalue weighted by Gasteiger charge is 2.36. The van der Waals surface area contributed by atoms with Gasteiger partial charge in [-0.1, -0.05) is 38.7 Å². The minimum Gasteiger partial charge on any atom is -0.494 e. The van der Waals surface area contributed by atoms with Gasteiger partial charge in [-0.15, -0.1) is 0 Å². The van der Waals surface area contributed by atoms with E-state index in [4.69, 9.17) is 4.74 Å².